The van der Waals surface area contributed by atoms with E-state index in [1.54, 1.807) is 31.4 Å². The maximum absolute atomic E-state index is 5.82. The highest BCUT2D eigenvalue weighted by Crippen LogP contribution is 2.34. The fourth-order valence-electron chi connectivity index (χ4n) is 1.52. The molecule has 0 unspecified atom stereocenters. The number of nitrogens with one attached hydrogen (secondary N) is 1. The highest BCUT2D eigenvalue weighted by atomic mass is 35.5. The molecule has 0 radical (unpaired) electrons. The number of halogens is 1. The number of benzene rings is 1. The Balaban J connectivity index is 2.28. The van der Waals surface area contributed by atoms with Crippen LogP contribution in [-0.2, 0) is 0 Å². The quantitative estimate of drug-likeness (QED) is 0.909. The summed E-state index contributed by atoms with van der Waals surface area (Å²) in [5.74, 6) is 2.06. The number of hydrogen-bond acceptors (Lipinski definition) is 5. The van der Waals surface area contributed by atoms with Gasteiger partial charge in [-0.25, -0.2) is 4.98 Å². The minimum Gasteiger partial charge on any atom is -0.489 e. The number of ether oxygens (including phenoxy) is 2. The Hall–Kier alpha value is -2.01. The van der Waals surface area contributed by atoms with Gasteiger partial charge in [0.2, 0.25) is 5.75 Å². The summed E-state index contributed by atoms with van der Waals surface area (Å²) < 4.78 is 11.0. The Morgan fingerprint density at radius 3 is 2.58 bits per heavy atom. The first-order valence-electron chi connectivity index (χ1n) is 5.81. The number of anilines is 1. The first kappa shape index (κ1) is 13.4. The van der Waals surface area contributed by atoms with Crippen molar-refractivity contribution in [1.82, 2.24) is 9.97 Å². The number of nitrogens with zero attached hydrogens (tertiary/aromatic N) is 2. The zero-order chi connectivity index (χ0) is 13.7. The van der Waals surface area contributed by atoms with Gasteiger partial charge in [0, 0.05) is 11.6 Å². The number of rotatable bonds is 5. The van der Waals surface area contributed by atoms with Crippen molar-refractivity contribution >= 4 is 17.4 Å². The Morgan fingerprint density at radius 2 is 1.95 bits per heavy atom. The van der Waals surface area contributed by atoms with Crippen molar-refractivity contribution in [2.24, 2.45) is 0 Å². The van der Waals surface area contributed by atoms with Crippen molar-refractivity contribution in [1.29, 1.82) is 0 Å². The smallest absolute Gasteiger partial charge is 0.268 e. The van der Waals surface area contributed by atoms with Crippen LogP contribution in [0.1, 0.15) is 6.92 Å². The van der Waals surface area contributed by atoms with Crippen molar-refractivity contribution in [3.63, 3.8) is 0 Å². The molecule has 100 valence electrons. The third kappa shape index (κ3) is 3.26. The average Bonchev–Trinajstić information content (AvgIpc) is 2.42. The zero-order valence-electron chi connectivity index (χ0n) is 10.7. The Bertz CT molecular complexity index is 546. The van der Waals surface area contributed by atoms with Crippen LogP contribution in [0.5, 0.6) is 17.4 Å². The van der Waals surface area contributed by atoms with Crippen LogP contribution in [0.4, 0.5) is 5.82 Å². The van der Waals surface area contributed by atoms with Gasteiger partial charge in [0.05, 0.1) is 7.11 Å². The molecule has 2 rings (SSSR count). The first-order chi connectivity index (χ1) is 9.24. The summed E-state index contributed by atoms with van der Waals surface area (Å²) in [5.41, 5.74) is 0. The van der Waals surface area contributed by atoms with Crippen LogP contribution in [0.25, 0.3) is 0 Å². The van der Waals surface area contributed by atoms with Gasteiger partial charge in [-0.3, -0.25) is 0 Å². The van der Waals surface area contributed by atoms with Gasteiger partial charge in [-0.2, -0.15) is 4.98 Å². The van der Waals surface area contributed by atoms with Gasteiger partial charge in [-0.1, -0.05) is 11.6 Å². The second kappa shape index (κ2) is 6.24. The van der Waals surface area contributed by atoms with E-state index in [1.165, 1.54) is 6.33 Å². The molecule has 0 saturated carbocycles. The van der Waals surface area contributed by atoms with Crippen molar-refractivity contribution in [3.8, 4) is 17.4 Å². The molecule has 2 aromatic rings. The Morgan fingerprint density at radius 1 is 1.21 bits per heavy atom. The van der Waals surface area contributed by atoms with Crippen molar-refractivity contribution in [3.05, 3.63) is 35.6 Å². The molecule has 0 spiro atoms. The zero-order valence-corrected chi connectivity index (χ0v) is 11.4. The predicted octanol–water partition coefficient (Wildman–Crippen LogP) is 3.36. The van der Waals surface area contributed by atoms with E-state index >= 15 is 0 Å². The van der Waals surface area contributed by atoms with Crippen LogP contribution in [0.15, 0.2) is 30.6 Å². The summed E-state index contributed by atoms with van der Waals surface area (Å²) in [6, 6.07) is 7.01. The number of methoxy groups -OCH3 is 1. The minimum atomic E-state index is 0.357. The lowest BCUT2D eigenvalue weighted by Gasteiger charge is -2.12. The molecule has 1 aromatic carbocycles. The van der Waals surface area contributed by atoms with Crippen molar-refractivity contribution in [2.75, 3.05) is 19.0 Å². The maximum Gasteiger partial charge on any atom is 0.268 e. The molecule has 0 bridgehead atoms. The van der Waals surface area contributed by atoms with Gasteiger partial charge >= 0.3 is 0 Å². The molecule has 19 heavy (non-hydrogen) atoms. The van der Waals surface area contributed by atoms with E-state index in [9.17, 15) is 0 Å². The van der Waals surface area contributed by atoms with E-state index in [-0.39, 0.29) is 0 Å². The van der Waals surface area contributed by atoms with Crippen LogP contribution in [0.3, 0.4) is 0 Å². The summed E-state index contributed by atoms with van der Waals surface area (Å²) in [7, 11) is 1.55. The summed E-state index contributed by atoms with van der Waals surface area (Å²) in [4.78, 5) is 8.19. The fourth-order valence-corrected chi connectivity index (χ4v) is 1.65. The fraction of sp³-hybridized carbons (Fsp3) is 0.231. The van der Waals surface area contributed by atoms with E-state index in [0.717, 1.165) is 6.54 Å². The lowest BCUT2D eigenvalue weighted by atomic mass is 10.3. The minimum absolute atomic E-state index is 0.357. The highest BCUT2D eigenvalue weighted by Gasteiger charge is 2.13. The van der Waals surface area contributed by atoms with Gasteiger partial charge in [0.1, 0.15) is 12.1 Å². The Kier molecular flexibility index (Phi) is 4.41. The van der Waals surface area contributed by atoms with E-state index in [2.05, 4.69) is 15.3 Å². The molecule has 0 fully saturated rings. The molecule has 5 nitrogen and oxygen atoms in total. The molecule has 1 N–H and O–H groups in total. The normalized spacial score (nSPS) is 10.1. The molecule has 0 aliphatic carbocycles. The van der Waals surface area contributed by atoms with Gasteiger partial charge < -0.3 is 14.8 Å². The molecule has 0 amide bonds. The number of hydrogen-bond donors (Lipinski definition) is 1. The second-order valence-electron chi connectivity index (χ2n) is 3.65. The second-order valence-corrected chi connectivity index (χ2v) is 4.08. The van der Waals surface area contributed by atoms with Gasteiger partial charge in [0.15, 0.2) is 5.82 Å². The predicted molar refractivity (Wildman–Crippen MR) is 74.3 cm³/mol. The van der Waals surface area contributed by atoms with Crippen LogP contribution in [-0.4, -0.2) is 23.6 Å². The third-order valence-corrected chi connectivity index (χ3v) is 2.60. The third-order valence-electron chi connectivity index (χ3n) is 2.35. The molecule has 0 atom stereocenters. The molecular formula is C13H14ClN3O2. The van der Waals surface area contributed by atoms with E-state index in [1.807, 2.05) is 6.92 Å². The van der Waals surface area contributed by atoms with Gasteiger partial charge in [0.25, 0.3) is 5.88 Å². The molecule has 6 heteroatoms. The van der Waals surface area contributed by atoms with E-state index in [4.69, 9.17) is 21.1 Å². The average molecular weight is 280 g/mol. The SMILES string of the molecule is CCNc1ncnc(Oc2ccc(Cl)cc2)c1OC. The molecular weight excluding hydrogens is 266 g/mol. The van der Waals surface area contributed by atoms with Crippen LogP contribution < -0.4 is 14.8 Å². The lowest BCUT2D eigenvalue weighted by Crippen LogP contribution is -2.04. The molecule has 1 heterocycles. The molecule has 1 aromatic heterocycles. The number of aromatic nitrogens is 2. The topological polar surface area (TPSA) is 56.3 Å². The molecule has 0 saturated heterocycles. The van der Waals surface area contributed by atoms with Gasteiger partial charge in [-0.15, -0.1) is 0 Å². The summed E-state index contributed by atoms with van der Waals surface area (Å²) in [5, 5.41) is 3.73. The summed E-state index contributed by atoms with van der Waals surface area (Å²) in [6.45, 7) is 2.70. The highest BCUT2D eigenvalue weighted by molar-refractivity contribution is 6.30. The van der Waals surface area contributed by atoms with Crippen LogP contribution in [0, 0.1) is 0 Å². The monoisotopic (exact) mass is 279 g/mol. The van der Waals surface area contributed by atoms with E-state index < -0.39 is 0 Å². The van der Waals surface area contributed by atoms with Gasteiger partial charge in [-0.05, 0) is 31.2 Å². The molecule has 0 aliphatic heterocycles. The largest absolute Gasteiger partial charge is 0.489 e. The molecule has 0 aliphatic rings. The van der Waals surface area contributed by atoms with Crippen molar-refractivity contribution in [2.45, 2.75) is 6.92 Å². The van der Waals surface area contributed by atoms with Crippen LogP contribution in [0.2, 0.25) is 5.02 Å². The first-order valence-corrected chi connectivity index (χ1v) is 6.18. The van der Waals surface area contributed by atoms with E-state index in [0.29, 0.717) is 28.2 Å². The summed E-state index contributed by atoms with van der Waals surface area (Å²) in [6.07, 6.45) is 1.42. The van der Waals surface area contributed by atoms with Crippen molar-refractivity contribution < 1.29 is 9.47 Å². The standard InChI is InChI=1S/C13H14ClN3O2/c1-3-15-12-11(18-2)13(17-8-16-12)19-10-6-4-9(14)5-7-10/h4-8H,3H2,1-2H3,(H,15,16,17). The maximum atomic E-state index is 5.82. The van der Waals surface area contributed by atoms with Crippen LogP contribution >= 0.6 is 11.6 Å². The lowest BCUT2D eigenvalue weighted by molar-refractivity contribution is 0.369. The Labute approximate surface area is 116 Å². The summed E-state index contributed by atoms with van der Waals surface area (Å²) >= 11 is 5.82.